The van der Waals surface area contributed by atoms with Crippen molar-refractivity contribution in [2.75, 3.05) is 6.54 Å². The Morgan fingerprint density at radius 2 is 1.90 bits per heavy atom. The van der Waals surface area contributed by atoms with Crippen LogP contribution in [0, 0.1) is 6.92 Å². The molecule has 150 valence electrons. The van der Waals surface area contributed by atoms with Crippen LogP contribution in [0.25, 0.3) is 21.1 Å². The van der Waals surface area contributed by atoms with Gasteiger partial charge in [0.15, 0.2) is 0 Å². The van der Waals surface area contributed by atoms with Gasteiger partial charge in [0.05, 0.1) is 17.1 Å². The summed E-state index contributed by atoms with van der Waals surface area (Å²) in [5.41, 5.74) is 4.49. The first-order chi connectivity index (χ1) is 14.7. The molecule has 1 amide bonds. The van der Waals surface area contributed by atoms with Crippen LogP contribution in [0.2, 0.25) is 0 Å². The first kappa shape index (κ1) is 18.6. The fraction of sp³-hybridized carbons (Fsp3) is 0.167. The van der Waals surface area contributed by atoms with Crippen molar-refractivity contribution in [2.45, 2.75) is 19.9 Å². The molecule has 5 nitrogen and oxygen atoms in total. The zero-order chi connectivity index (χ0) is 20.5. The maximum Gasteiger partial charge on any atom is 0.261 e. The number of para-hydroxylation sites is 1. The van der Waals surface area contributed by atoms with Gasteiger partial charge in [0.2, 0.25) is 0 Å². The van der Waals surface area contributed by atoms with Crippen molar-refractivity contribution < 1.29 is 4.79 Å². The normalized spacial score (nSPS) is 11.4. The second-order valence-electron chi connectivity index (χ2n) is 7.42. The van der Waals surface area contributed by atoms with Gasteiger partial charge >= 0.3 is 0 Å². The number of amides is 1. The van der Waals surface area contributed by atoms with Gasteiger partial charge in [-0.2, -0.15) is 5.10 Å². The molecule has 5 rings (SSSR count). The smallest absolute Gasteiger partial charge is 0.261 e. The molecule has 2 aromatic carbocycles. The lowest BCUT2D eigenvalue weighted by molar-refractivity contribution is 0.0958. The van der Waals surface area contributed by atoms with E-state index in [2.05, 4.69) is 39.7 Å². The zero-order valence-electron chi connectivity index (χ0n) is 16.7. The predicted molar refractivity (Wildman–Crippen MR) is 122 cm³/mol. The Morgan fingerprint density at radius 3 is 2.77 bits per heavy atom. The highest BCUT2D eigenvalue weighted by atomic mass is 32.1. The van der Waals surface area contributed by atoms with Crippen molar-refractivity contribution in [3.63, 3.8) is 0 Å². The van der Waals surface area contributed by atoms with Gasteiger partial charge in [-0.1, -0.05) is 48.5 Å². The van der Waals surface area contributed by atoms with Crippen LogP contribution in [-0.4, -0.2) is 27.2 Å². The average molecular weight is 415 g/mol. The van der Waals surface area contributed by atoms with Gasteiger partial charge in [-0.25, -0.2) is 0 Å². The Balaban J connectivity index is 1.29. The summed E-state index contributed by atoms with van der Waals surface area (Å²) in [6.45, 7) is 3.30. The number of nitrogens with zero attached hydrogens (tertiary/aromatic N) is 2. The van der Waals surface area contributed by atoms with E-state index >= 15 is 0 Å². The largest absolute Gasteiger partial charge is 0.361 e. The maximum absolute atomic E-state index is 12.7. The molecule has 0 atom stereocenters. The quantitative estimate of drug-likeness (QED) is 0.415. The molecule has 0 aliphatic rings. The maximum atomic E-state index is 12.7. The number of thiophene rings is 1. The van der Waals surface area contributed by atoms with E-state index in [9.17, 15) is 4.79 Å². The van der Waals surface area contributed by atoms with Crippen LogP contribution >= 0.6 is 11.3 Å². The van der Waals surface area contributed by atoms with Gasteiger partial charge in [-0.05, 0) is 36.6 Å². The van der Waals surface area contributed by atoms with Gasteiger partial charge in [-0.3, -0.25) is 9.48 Å². The minimum Gasteiger partial charge on any atom is -0.361 e. The summed E-state index contributed by atoms with van der Waals surface area (Å²) in [6, 6.07) is 20.5. The lowest BCUT2D eigenvalue weighted by Gasteiger charge is -2.04. The van der Waals surface area contributed by atoms with Gasteiger partial charge in [0.25, 0.3) is 5.91 Å². The number of carbonyl (C=O) groups is 1. The van der Waals surface area contributed by atoms with Gasteiger partial charge < -0.3 is 10.3 Å². The highest BCUT2D eigenvalue weighted by Crippen LogP contribution is 2.29. The molecule has 5 aromatic rings. The summed E-state index contributed by atoms with van der Waals surface area (Å²) in [7, 11) is 0. The number of hydrogen-bond donors (Lipinski definition) is 2. The highest BCUT2D eigenvalue weighted by Gasteiger charge is 2.16. The van der Waals surface area contributed by atoms with E-state index in [1.54, 1.807) is 0 Å². The van der Waals surface area contributed by atoms with Crippen LogP contribution in [0.3, 0.4) is 0 Å². The fourth-order valence-electron chi connectivity index (χ4n) is 3.82. The first-order valence-corrected chi connectivity index (χ1v) is 10.8. The summed E-state index contributed by atoms with van der Waals surface area (Å²) in [4.78, 5) is 17.8. The number of fused-ring (bicyclic) bond motifs is 2. The molecule has 0 radical (unpaired) electrons. The van der Waals surface area contributed by atoms with Gasteiger partial charge in [0.1, 0.15) is 4.83 Å². The van der Waals surface area contributed by atoms with E-state index in [0.29, 0.717) is 13.1 Å². The van der Waals surface area contributed by atoms with E-state index in [-0.39, 0.29) is 5.91 Å². The second kappa shape index (κ2) is 7.80. The number of nitrogens with one attached hydrogen (secondary N) is 2. The molecule has 0 fully saturated rings. The standard InChI is InChI=1S/C24H22N4OS/c1-16-20-13-22(30-24(20)28(27-16)15-17-7-3-2-4-8-17)23(29)25-12-11-18-14-26-21-10-6-5-9-19(18)21/h2-10,13-14,26H,11-12,15H2,1H3,(H,25,29). The first-order valence-electron chi connectivity index (χ1n) is 10.0. The SMILES string of the molecule is Cc1nn(Cc2ccccc2)c2sc(C(=O)NCCc3c[nH]c4ccccc34)cc12. The van der Waals surface area contributed by atoms with Crippen LogP contribution in [-0.2, 0) is 13.0 Å². The lowest BCUT2D eigenvalue weighted by atomic mass is 10.1. The fourth-order valence-corrected chi connectivity index (χ4v) is 4.90. The summed E-state index contributed by atoms with van der Waals surface area (Å²) in [5, 5.41) is 10.00. The molecule has 2 N–H and O–H groups in total. The van der Waals surface area contributed by atoms with Crippen molar-refractivity contribution in [2.24, 2.45) is 0 Å². The van der Waals surface area contributed by atoms with Crippen LogP contribution < -0.4 is 5.32 Å². The third-order valence-electron chi connectivity index (χ3n) is 5.36. The number of aryl methyl sites for hydroxylation is 1. The summed E-state index contributed by atoms with van der Waals surface area (Å²) >= 11 is 1.50. The van der Waals surface area contributed by atoms with E-state index in [1.807, 2.05) is 54.2 Å². The van der Waals surface area contributed by atoms with Crippen molar-refractivity contribution in [3.8, 4) is 0 Å². The van der Waals surface area contributed by atoms with Gasteiger partial charge in [-0.15, -0.1) is 11.3 Å². The molecule has 3 heterocycles. The van der Waals surface area contributed by atoms with Crippen LogP contribution in [0.4, 0.5) is 0 Å². The Bertz CT molecular complexity index is 1330. The molecule has 0 saturated carbocycles. The topological polar surface area (TPSA) is 62.7 Å². The lowest BCUT2D eigenvalue weighted by Crippen LogP contribution is -2.24. The van der Waals surface area contributed by atoms with Crippen LogP contribution in [0.5, 0.6) is 0 Å². The average Bonchev–Trinajstić information content (AvgIpc) is 3.45. The third-order valence-corrected chi connectivity index (χ3v) is 6.51. The molecule has 30 heavy (non-hydrogen) atoms. The highest BCUT2D eigenvalue weighted by molar-refractivity contribution is 7.20. The molecule has 0 bridgehead atoms. The van der Waals surface area contributed by atoms with E-state index < -0.39 is 0 Å². The number of aromatic amines is 1. The van der Waals surface area contributed by atoms with Crippen molar-refractivity contribution in [3.05, 3.63) is 88.6 Å². The Morgan fingerprint density at radius 1 is 1.10 bits per heavy atom. The Hall–Kier alpha value is -3.38. The van der Waals surface area contributed by atoms with E-state index in [0.717, 1.165) is 32.7 Å². The van der Waals surface area contributed by atoms with Crippen molar-refractivity contribution >= 4 is 38.4 Å². The summed E-state index contributed by atoms with van der Waals surface area (Å²) in [5.74, 6) is -0.0262. The number of hydrogen-bond acceptors (Lipinski definition) is 3. The summed E-state index contributed by atoms with van der Waals surface area (Å²) in [6.07, 6.45) is 2.82. The number of H-pyrrole nitrogens is 1. The monoisotopic (exact) mass is 414 g/mol. The zero-order valence-corrected chi connectivity index (χ0v) is 17.5. The Kier molecular flexibility index (Phi) is 4.85. The van der Waals surface area contributed by atoms with Crippen LogP contribution in [0.1, 0.15) is 26.5 Å². The molecular weight excluding hydrogens is 392 g/mol. The Labute approximate surface area is 178 Å². The molecule has 0 spiro atoms. The molecule has 0 unspecified atom stereocenters. The minimum atomic E-state index is -0.0262. The minimum absolute atomic E-state index is 0.0262. The van der Waals surface area contributed by atoms with Crippen molar-refractivity contribution in [1.82, 2.24) is 20.1 Å². The number of carbonyl (C=O) groups excluding carboxylic acids is 1. The summed E-state index contributed by atoms with van der Waals surface area (Å²) < 4.78 is 1.99. The molecular formula is C24H22N4OS. The second-order valence-corrected chi connectivity index (χ2v) is 8.45. The molecule has 0 saturated heterocycles. The number of rotatable bonds is 6. The molecule has 3 aromatic heterocycles. The van der Waals surface area contributed by atoms with Crippen molar-refractivity contribution in [1.29, 1.82) is 0 Å². The van der Waals surface area contributed by atoms with Gasteiger partial charge in [0, 0.05) is 29.0 Å². The predicted octanol–water partition coefficient (Wildman–Crippen LogP) is 4.91. The third kappa shape index (κ3) is 3.50. The number of aromatic nitrogens is 3. The van der Waals surface area contributed by atoms with E-state index in [1.165, 1.54) is 27.8 Å². The van der Waals surface area contributed by atoms with Crippen LogP contribution in [0.15, 0.2) is 66.9 Å². The molecule has 6 heteroatoms. The molecule has 0 aliphatic carbocycles. The van der Waals surface area contributed by atoms with E-state index in [4.69, 9.17) is 0 Å². The molecule has 0 aliphatic heterocycles. The number of benzene rings is 2.